The van der Waals surface area contributed by atoms with Crippen molar-refractivity contribution in [3.8, 4) is 17.1 Å². The molecular formula is C26H27N5. The monoisotopic (exact) mass is 409 g/mol. The van der Waals surface area contributed by atoms with Crippen LogP contribution in [0.3, 0.4) is 0 Å². The molecule has 3 aromatic heterocycles. The second-order valence-corrected chi connectivity index (χ2v) is 8.00. The second kappa shape index (κ2) is 8.84. The number of pyridine rings is 2. The molecule has 1 N–H and O–H groups in total. The molecule has 1 aromatic carbocycles. The molecule has 0 amide bonds. The molecule has 1 unspecified atom stereocenters. The molecule has 0 saturated carbocycles. The van der Waals surface area contributed by atoms with E-state index in [2.05, 4.69) is 86.4 Å². The van der Waals surface area contributed by atoms with E-state index in [1.54, 1.807) is 0 Å². The zero-order valence-corrected chi connectivity index (χ0v) is 17.8. The van der Waals surface area contributed by atoms with Gasteiger partial charge in [0.05, 0.1) is 11.7 Å². The summed E-state index contributed by atoms with van der Waals surface area (Å²) in [7, 11) is 0. The van der Waals surface area contributed by atoms with Crippen LogP contribution in [-0.4, -0.2) is 45.6 Å². The summed E-state index contributed by atoms with van der Waals surface area (Å²) in [5.41, 5.74) is 6.20. The van der Waals surface area contributed by atoms with Crippen molar-refractivity contribution in [1.29, 1.82) is 0 Å². The number of hydrogen-bond acceptors (Lipinski definition) is 4. The van der Waals surface area contributed by atoms with Crippen molar-refractivity contribution >= 4 is 0 Å². The maximum absolute atomic E-state index is 4.65. The summed E-state index contributed by atoms with van der Waals surface area (Å²) in [6.07, 6.45) is 7.90. The van der Waals surface area contributed by atoms with Crippen LogP contribution in [0.4, 0.5) is 0 Å². The first-order valence-electron chi connectivity index (χ1n) is 10.9. The molecule has 0 aliphatic carbocycles. The van der Waals surface area contributed by atoms with E-state index < -0.39 is 0 Å². The molecule has 1 aliphatic rings. The van der Waals surface area contributed by atoms with E-state index in [0.29, 0.717) is 0 Å². The molecule has 5 nitrogen and oxygen atoms in total. The van der Waals surface area contributed by atoms with E-state index >= 15 is 0 Å². The van der Waals surface area contributed by atoms with Gasteiger partial charge in [0.1, 0.15) is 5.82 Å². The Morgan fingerprint density at radius 3 is 2.39 bits per heavy atom. The maximum Gasteiger partial charge on any atom is 0.137 e. The second-order valence-electron chi connectivity index (χ2n) is 8.00. The largest absolute Gasteiger partial charge is 0.314 e. The van der Waals surface area contributed by atoms with Crippen molar-refractivity contribution < 1.29 is 0 Å². The zero-order valence-electron chi connectivity index (χ0n) is 17.8. The topological polar surface area (TPSA) is 46.0 Å². The number of benzene rings is 1. The Morgan fingerprint density at radius 1 is 0.871 bits per heavy atom. The summed E-state index contributed by atoms with van der Waals surface area (Å²) in [5.74, 6) is 0.931. The highest BCUT2D eigenvalue weighted by atomic mass is 15.2. The molecular weight excluding hydrogens is 382 g/mol. The van der Waals surface area contributed by atoms with Crippen molar-refractivity contribution in [2.45, 2.75) is 13.0 Å². The lowest BCUT2D eigenvalue weighted by Crippen LogP contribution is -2.45. The number of rotatable bonds is 5. The standard InChI is InChI=1S/C26H27N5/c1-20-6-2-3-7-23(20)24-18-22(19-31(24)25-8-4-5-11-29-25)26(21-9-12-27-13-10-21)30-16-14-28-15-17-30/h2-13,18-19,26,28H,14-17H2,1H3. The Kier molecular flexibility index (Phi) is 5.61. The fraction of sp³-hybridized carbons (Fsp3) is 0.231. The normalized spacial score (nSPS) is 15.6. The molecule has 1 aliphatic heterocycles. The molecule has 5 heteroatoms. The van der Waals surface area contributed by atoms with Gasteiger partial charge in [-0.05, 0) is 53.9 Å². The van der Waals surface area contributed by atoms with Gasteiger partial charge in [-0.15, -0.1) is 0 Å². The highest BCUT2D eigenvalue weighted by Crippen LogP contribution is 2.35. The lowest BCUT2D eigenvalue weighted by atomic mass is 9.98. The maximum atomic E-state index is 4.65. The van der Waals surface area contributed by atoms with Gasteiger partial charge >= 0.3 is 0 Å². The average Bonchev–Trinajstić information content (AvgIpc) is 3.26. The molecule has 0 spiro atoms. The van der Waals surface area contributed by atoms with Crippen molar-refractivity contribution in [3.05, 3.63) is 102 Å². The first kappa shape index (κ1) is 19.7. The minimum absolute atomic E-state index is 0.179. The van der Waals surface area contributed by atoms with E-state index in [1.165, 1.54) is 27.9 Å². The molecule has 0 bridgehead atoms. The van der Waals surface area contributed by atoms with Crippen LogP contribution in [0.2, 0.25) is 0 Å². The van der Waals surface area contributed by atoms with E-state index in [9.17, 15) is 0 Å². The van der Waals surface area contributed by atoms with Gasteiger partial charge in [-0.3, -0.25) is 9.88 Å². The lowest BCUT2D eigenvalue weighted by Gasteiger charge is -2.35. The van der Waals surface area contributed by atoms with Gasteiger partial charge in [0, 0.05) is 56.5 Å². The van der Waals surface area contributed by atoms with Gasteiger partial charge < -0.3 is 9.88 Å². The van der Waals surface area contributed by atoms with Crippen molar-refractivity contribution in [1.82, 2.24) is 24.8 Å². The Morgan fingerprint density at radius 2 is 1.65 bits per heavy atom. The third-order valence-corrected chi connectivity index (χ3v) is 6.01. The Balaban J connectivity index is 1.68. The van der Waals surface area contributed by atoms with Crippen LogP contribution in [0.1, 0.15) is 22.7 Å². The molecule has 4 heterocycles. The average molecular weight is 410 g/mol. The van der Waals surface area contributed by atoms with Gasteiger partial charge in [-0.2, -0.15) is 0 Å². The molecule has 31 heavy (non-hydrogen) atoms. The van der Waals surface area contributed by atoms with Gasteiger partial charge in [0.15, 0.2) is 0 Å². The third kappa shape index (κ3) is 4.02. The van der Waals surface area contributed by atoms with Crippen molar-refractivity contribution in [3.63, 3.8) is 0 Å². The van der Waals surface area contributed by atoms with E-state index in [-0.39, 0.29) is 6.04 Å². The summed E-state index contributed by atoms with van der Waals surface area (Å²) in [5, 5.41) is 3.48. The number of nitrogens with zero attached hydrogens (tertiary/aromatic N) is 4. The van der Waals surface area contributed by atoms with Crippen LogP contribution >= 0.6 is 0 Å². The summed E-state index contributed by atoms with van der Waals surface area (Å²) in [6.45, 7) is 6.21. The molecule has 1 fully saturated rings. The summed E-state index contributed by atoms with van der Waals surface area (Å²) in [4.78, 5) is 11.5. The molecule has 0 radical (unpaired) electrons. The molecule has 156 valence electrons. The van der Waals surface area contributed by atoms with Crippen LogP contribution in [0.5, 0.6) is 0 Å². The first-order valence-corrected chi connectivity index (χ1v) is 10.9. The predicted octanol–water partition coefficient (Wildman–Crippen LogP) is 4.24. The Hall–Kier alpha value is -3.28. The summed E-state index contributed by atoms with van der Waals surface area (Å²) >= 11 is 0. The Bertz CT molecular complexity index is 1130. The number of piperazine rings is 1. The predicted molar refractivity (Wildman–Crippen MR) is 124 cm³/mol. The zero-order chi connectivity index (χ0) is 21.0. The van der Waals surface area contributed by atoms with E-state index in [4.69, 9.17) is 0 Å². The highest BCUT2D eigenvalue weighted by molar-refractivity contribution is 5.67. The number of nitrogens with one attached hydrogen (secondary N) is 1. The Labute approximate surface area is 183 Å². The molecule has 5 rings (SSSR count). The summed E-state index contributed by atoms with van der Waals surface area (Å²) < 4.78 is 2.23. The van der Waals surface area contributed by atoms with Gasteiger partial charge in [0.2, 0.25) is 0 Å². The number of hydrogen-bond donors (Lipinski definition) is 1. The molecule has 1 saturated heterocycles. The van der Waals surface area contributed by atoms with Crippen molar-refractivity contribution in [2.24, 2.45) is 0 Å². The fourth-order valence-corrected chi connectivity index (χ4v) is 4.49. The van der Waals surface area contributed by atoms with Crippen LogP contribution in [0.25, 0.3) is 17.1 Å². The molecule has 1 atom stereocenters. The number of aromatic nitrogens is 3. The van der Waals surface area contributed by atoms with Crippen LogP contribution in [0.15, 0.2) is 85.5 Å². The quantitative estimate of drug-likeness (QED) is 0.536. The van der Waals surface area contributed by atoms with Gasteiger partial charge in [-0.25, -0.2) is 4.98 Å². The minimum atomic E-state index is 0.179. The highest BCUT2D eigenvalue weighted by Gasteiger charge is 2.26. The summed E-state index contributed by atoms with van der Waals surface area (Å²) in [6, 6.07) is 21.4. The van der Waals surface area contributed by atoms with Crippen LogP contribution in [0, 0.1) is 6.92 Å². The SMILES string of the molecule is Cc1ccccc1-c1cc(C(c2ccncc2)N2CCNCC2)cn1-c1ccccn1. The van der Waals surface area contributed by atoms with Crippen LogP contribution in [-0.2, 0) is 0 Å². The number of aryl methyl sites for hydroxylation is 1. The van der Waals surface area contributed by atoms with Crippen molar-refractivity contribution in [2.75, 3.05) is 26.2 Å². The van der Waals surface area contributed by atoms with Gasteiger partial charge in [0.25, 0.3) is 0 Å². The van der Waals surface area contributed by atoms with Crippen LogP contribution < -0.4 is 5.32 Å². The van der Waals surface area contributed by atoms with Gasteiger partial charge in [-0.1, -0.05) is 30.3 Å². The first-order chi connectivity index (χ1) is 15.3. The molecule has 4 aromatic rings. The fourth-order valence-electron chi connectivity index (χ4n) is 4.49. The van der Waals surface area contributed by atoms with E-state index in [0.717, 1.165) is 32.0 Å². The third-order valence-electron chi connectivity index (χ3n) is 6.01. The minimum Gasteiger partial charge on any atom is -0.314 e. The lowest BCUT2D eigenvalue weighted by molar-refractivity contribution is 0.198. The smallest absolute Gasteiger partial charge is 0.137 e. The van der Waals surface area contributed by atoms with E-state index in [1.807, 2.05) is 30.7 Å².